The highest BCUT2D eigenvalue weighted by molar-refractivity contribution is 6.31. The first-order valence-electron chi connectivity index (χ1n) is 13.7. The van der Waals surface area contributed by atoms with Crippen LogP contribution in [0.25, 0.3) is 5.57 Å². The summed E-state index contributed by atoms with van der Waals surface area (Å²) in [4.78, 5) is 40.0. The third-order valence-corrected chi connectivity index (χ3v) is 7.69. The number of carbonyl (C=O) groups is 2. The topological polar surface area (TPSA) is 129 Å². The van der Waals surface area contributed by atoms with Gasteiger partial charge in [0.15, 0.2) is 5.76 Å². The number of ether oxygens (including phenoxy) is 2. The molecular formula is C30H36Cl2N6O5. The van der Waals surface area contributed by atoms with Gasteiger partial charge >= 0.3 is 6.16 Å². The number of rotatable bonds is 6. The predicted octanol–water partition coefficient (Wildman–Crippen LogP) is 5.43. The molecular weight excluding hydrogens is 595 g/mol. The number of aromatic nitrogens is 1. The average Bonchev–Trinajstić information content (AvgIpc) is 3.20. The summed E-state index contributed by atoms with van der Waals surface area (Å²) in [5, 5.41) is 14.3. The van der Waals surface area contributed by atoms with E-state index in [1.807, 2.05) is 36.9 Å². The number of piperidine rings is 1. The minimum absolute atomic E-state index is 0.187. The van der Waals surface area contributed by atoms with Crippen LogP contribution in [-0.2, 0) is 25.7 Å². The number of aliphatic imine (C=N–C) groups is 1. The van der Waals surface area contributed by atoms with Crippen molar-refractivity contribution in [2.45, 2.75) is 52.6 Å². The van der Waals surface area contributed by atoms with Crippen LogP contribution < -0.4 is 5.32 Å². The third kappa shape index (κ3) is 8.45. The van der Waals surface area contributed by atoms with Gasteiger partial charge in [0.2, 0.25) is 6.19 Å². The van der Waals surface area contributed by atoms with Crippen molar-refractivity contribution in [2.24, 2.45) is 4.99 Å². The Morgan fingerprint density at radius 1 is 1.23 bits per heavy atom. The normalized spacial score (nSPS) is 16.3. The van der Waals surface area contributed by atoms with E-state index in [0.717, 1.165) is 22.3 Å². The summed E-state index contributed by atoms with van der Waals surface area (Å²) in [5.41, 5.74) is 3.03. The monoisotopic (exact) mass is 630 g/mol. The number of nitrogens with zero attached hydrogens (tertiary/aromatic N) is 5. The Balaban J connectivity index is 0.000000285. The molecule has 2 aliphatic heterocycles. The van der Waals surface area contributed by atoms with E-state index in [9.17, 15) is 9.59 Å². The number of nitriles is 1. The standard InChI is InChI=1S/C20H25ClN2O5.C10H11ClN4/c1-5-27-19(25)28-17-16(15-12(2)10-14(21)11-13(15)3)18(24)22-20(17)6-8-23(26-4)9-7-20;1-8(14-7-12)15(2)6-9-3-4-10(11)13-5-9/h10-11H,5-9H2,1-4H3,(H,22,24);3-5H,6H2,1-2H3. The molecule has 230 valence electrons. The van der Waals surface area contributed by atoms with Crippen LogP contribution >= 0.6 is 23.2 Å². The summed E-state index contributed by atoms with van der Waals surface area (Å²) >= 11 is 11.8. The molecule has 1 fully saturated rings. The molecule has 0 bridgehead atoms. The number of nitrogens with one attached hydrogen (secondary N) is 1. The number of amidine groups is 1. The van der Waals surface area contributed by atoms with Gasteiger partial charge in [0.25, 0.3) is 5.91 Å². The molecule has 0 aliphatic carbocycles. The molecule has 1 aromatic carbocycles. The lowest BCUT2D eigenvalue weighted by atomic mass is 9.85. The van der Waals surface area contributed by atoms with Gasteiger partial charge < -0.3 is 24.5 Å². The molecule has 4 rings (SSSR count). The van der Waals surface area contributed by atoms with E-state index in [2.05, 4.69) is 15.3 Å². The minimum atomic E-state index is -0.815. The van der Waals surface area contributed by atoms with Gasteiger partial charge in [0.05, 0.1) is 19.3 Å². The fraction of sp³-hybridized carbons (Fsp3) is 0.433. The lowest BCUT2D eigenvalue weighted by Gasteiger charge is -2.38. The molecule has 1 spiro atoms. The van der Waals surface area contributed by atoms with E-state index >= 15 is 0 Å². The summed E-state index contributed by atoms with van der Waals surface area (Å²) in [5.74, 6) is 0.728. The van der Waals surface area contributed by atoms with Gasteiger partial charge in [-0.25, -0.2) is 9.78 Å². The second kappa shape index (κ2) is 15.2. The fourth-order valence-corrected chi connectivity index (χ4v) is 5.48. The fourth-order valence-electron chi connectivity index (χ4n) is 5.04. The Hall–Kier alpha value is -3.69. The first kappa shape index (κ1) is 33.8. The molecule has 13 heteroatoms. The van der Waals surface area contributed by atoms with Crippen molar-refractivity contribution < 1.29 is 23.9 Å². The Labute approximate surface area is 262 Å². The van der Waals surface area contributed by atoms with E-state index in [-0.39, 0.29) is 12.5 Å². The molecule has 1 aromatic heterocycles. The quantitative estimate of drug-likeness (QED) is 0.146. The molecule has 2 aromatic rings. The number of hydrogen-bond acceptors (Lipinski definition) is 9. The highest BCUT2D eigenvalue weighted by Gasteiger charge is 2.50. The average molecular weight is 632 g/mol. The van der Waals surface area contributed by atoms with Gasteiger partial charge in [-0.15, -0.1) is 0 Å². The summed E-state index contributed by atoms with van der Waals surface area (Å²) in [7, 11) is 3.48. The zero-order valence-corrected chi connectivity index (χ0v) is 26.7. The number of aryl methyl sites for hydroxylation is 2. The number of amides is 1. The maximum absolute atomic E-state index is 13.1. The van der Waals surface area contributed by atoms with E-state index in [4.69, 9.17) is 42.8 Å². The molecule has 0 atom stereocenters. The van der Waals surface area contributed by atoms with Crippen molar-refractivity contribution >= 4 is 46.7 Å². The van der Waals surface area contributed by atoms with Crippen LogP contribution in [0.15, 0.2) is 41.2 Å². The van der Waals surface area contributed by atoms with Crippen LogP contribution in [0.2, 0.25) is 10.2 Å². The van der Waals surface area contributed by atoms with Crippen LogP contribution in [0.4, 0.5) is 4.79 Å². The van der Waals surface area contributed by atoms with Crippen molar-refractivity contribution in [1.29, 1.82) is 5.26 Å². The van der Waals surface area contributed by atoms with Gasteiger partial charge in [-0.05, 0) is 81.0 Å². The molecule has 1 N–H and O–H groups in total. The van der Waals surface area contributed by atoms with Gasteiger partial charge in [-0.2, -0.15) is 15.3 Å². The smallest absolute Gasteiger partial charge is 0.434 e. The molecule has 0 unspecified atom stereocenters. The number of pyridine rings is 1. The molecule has 3 heterocycles. The highest BCUT2D eigenvalue weighted by atomic mass is 35.5. The van der Waals surface area contributed by atoms with Crippen LogP contribution in [0.1, 0.15) is 48.9 Å². The number of hydrogen-bond donors (Lipinski definition) is 1. The number of benzene rings is 1. The summed E-state index contributed by atoms with van der Waals surface area (Å²) in [6, 6.07) is 7.22. The van der Waals surface area contributed by atoms with Gasteiger partial charge in [0, 0.05) is 37.9 Å². The first-order chi connectivity index (χ1) is 20.4. The second-order valence-corrected chi connectivity index (χ2v) is 11.0. The number of hydroxylamine groups is 2. The summed E-state index contributed by atoms with van der Waals surface area (Å²) in [6.45, 7) is 9.29. The molecule has 0 saturated carbocycles. The molecule has 11 nitrogen and oxygen atoms in total. The number of halogens is 2. The Morgan fingerprint density at radius 3 is 2.42 bits per heavy atom. The third-order valence-electron chi connectivity index (χ3n) is 7.24. The maximum Gasteiger partial charge on any atom is 0.513 e. The van der Waals surface area contributed by atoms with E-state index in [1.54, 1.807) is 51.5 Å². The molecule has 1 saturated heterocycles. The van der Waals surface area contributed by atoms with Gasteiger partial charge in [-0.1, -0.05) is 29.3 Å². The molecule has 1 amide bonds. The highest BCUT2D eigenvalue weighted by Crippen LogP contribution is 2.42. The molecule has 43 heavy (non-hydrogen) atoms. The van der Waals surface area contributed by atoms with E-state index < -0.39 is 11.7 Å². The Bertz CT molecular complexity index is 1410. The summed E-state index contributed by atoms with van der Waals surface area (Å²) in [6.07, 6.45) is 3.75. The zero-order chi connectivity index (χ0) is 31.7. The SMILES string of the molecule is CC(=NC#N)N(C)Cc1ccc(Cl)nc1.CCOC(=O)OC1=C(c2c(C)cc(Cl)cc2C)C(=O)NC12CCN(OC)CC2. The minimum Gasteiger partial charge on any atom is -0.434 e. The summed E-state index contributed by atoms with van der Waals surface area (Å²) < 4.78 is 10.6. The van der Waals surface area contributed by atoms with Crippen molar-refractivity contribution in [3.63, 3.8) is 0 Å². The van der Waals surface area contributed by atoms with Gasteiger partial charge in [0.1, 0.15) is 16.5 Å². The maximum atomic E-state index is 13.1. The van der Waals surface area contributed by atoms with E-state index in [0.29, 0.717) is 59.8 Å². The van der Waals surface area contributed by atoms with E-state index in [1.165, 1.54) is 0 Å². The second-order valence-electron chi connectivity index (χ2n) is 10.2. The van der Waals surface area contributed by atoms with Gasteiger partial charge in [-0.3, -0.25) is 4.79 Å². The van der Waals surface area contributed by atoms with Crippen LogP contribution in [0.5, 0.6) is 0 Å². The Morgan fingerprint density at radius 2 is 1.88 bits per heavy atom. The largest absolute Gasteiger partial charge is 0.513 e. The lowest BCUT2D eigenvalue weighted by Crippen LogP contribution is -2.53. The van der Waals surface area contributed by atoms with Crippen LogP contribution in [0.3, 0.4) is 0 Å². The molecule has 2 aliphatic rings. The zero-order valence-electron chi connectivity index (χ0n) is 25.2. The van der Waals surface area contributed by atoms with Crippen molar-refractivity contribution in [3.8, 4) is 6.19 Å². The van der Waals surface area contributed by atoms with Crippen molar-refractivity contribution in [3.05, 3.63) is 68.7 Å². The van der Waals surface area contributed by atoms with Crippen molar-refractivity contribution in [1.82, 2.24) is 20.3 Å². The van der Waals surface area contributed by atoms with Crippen LogP contribution in [0, 0.1) is 25.3 Å². The van der Waals surface area contributed by atoms with Crippen LogP contribution in [-0.4, -0.2) is 72.2 Å². The lowest BCUT2D eigenvalue weighted by molar-refractivity contribution is -0.152. The number of carbonyl (C=O) groups excluding carboxylic acids is 2. The molecule has 0 radical (unpaired) electrons. The Kier molecular flexibility index (Phi) is 11.9. The first-order valence-corrected chi connectivity index (χ1v) is 14.4. The van der Waals surface area contributed by atoms with Crippen molar-refractivity contribution in [2.75, 3.05) is 33.9 Å². The predicted molar refractivity (Wildman–Crippen MR) is 164 cm³/mol.